The van der Waals surface area contributed by atoms with Crippen molar-refractivity contribution in [1.29, 1.82) is 0 Å². The van der Waals surface area contributed by atoms with Crippen molar-refractivity contribution >= 4 is 17.2 Å². The number of piperidine rings is 1. The smallest absolute Gasteiger partial charge is 0.226 e. The van der Waals surface area contributed by atoms with E-state index < -0.39 is 0 Å². The summed E-state index contributed by atoms with van der Waals surface area (Å²) in [7, 11) is 0. The van der Waals surface area contributed by atoms with Gasteiger partial charge in [-0.05, 0) is 43.2 Å². The fourth-order valence-corrected chi connectivity index (χ4v) is 4.63. The molecule has 22 heavy (non-hydrogen) atoms. The third kappa shape index (κ3) is 2.45. The van der Waals surface area contributed by atoms with E-state index in [1.165, 1.54) is 10.4 Å². The molecule has 2 aliphatic rings. The van der Waals surface area contributed by atoms with Gasteiger partial charge in [-0.2, -0.15) is 0 Å². The Morgan fingerprint density at radius 2 is 2.18 bits per heavy atom. The van der Waals surface area contributed by atoms with Gasteiger partial charge in [0.05, 0.1) is 12.2 Å². The fourth-order valence-electron chi connectivity index (χ4n) is 3.52. The number of hydrogen-bond donors (Lipinski definition) is 0. The molecule has 1 amide bonds. The van der Waals surface area contributed by atoms with Gasteiger partial charge in [0.15, 0.2) is 0 Å². The number of thiophene rings is 1. The summed E-state index contributed by atoms with van der Waals surface area (Å²) in [6.07, 6.45) is 6.62. The van der Waals surface area contributed by atoms with E-state index in [1.54, 1.807) is 17.5 Å². The Morgan fingerprint density at radius 3 is 2.82 bits per heavy atom. The van der Waals surface area contributed by atoms with Gasteiger partial charge in [-0.1, -0.05) is 5.21 Å². The van der Waals surface area contributed by atoms with Gasteiger partial charge in [0.2, 0.25) is 5.91 Å². The number of amides is 1. The Balaban J connectivity index is 1.35. The Morgan fingerprint density at radius 1 is 1.36 bits per heavy atom. The molecule has 2 aromatic rings. The first-order valence-electron chi connectivity index (χ1n) is 7.92. The lowest BCUT2D eigenvalue weighted by atomic mass is 10.0. The number of rotatable bonds is 3. The van der Waals surface area contributed by atoms with Crippen molar-refractivity contribution in [2.24, 2.45) is 5.92 Å². The minimum absolute atomic E-state index is 0.222. The molecular formula is C16H20N4OS. The average molecular weight is 316 g/mol. The van der Waals surface area contributed by atoms with E-state index >= 15 is 0 Å². The molecule has 0 unspecified atom stereocenters. The summed E-state index contributed by atoms with van der Waals surface area (Å²) in [5.41, 5.74) is 1.34. The summed E-state index contributed by atoms with van der Waals surface area (Å²) < 4.78 is 1.93. The summed E-state index contributed by atoms with van der Waals surface area (Å²) in [5, 5.41) is 10.1. The topological polar surface area (TPSA) is 51.0 Å². The van der Waals surface area contributed by atoms with Gasteiger partial charge in [-0.15, -0.1) is 16.4 Å². The van der Waals surface area contributed by atoms with Gasteiger partial charge in [-0.25, -0.2) is 4.68 Å². The zero-order chi connectivity index (χ0) is 15.1. The average Bonchev–Trinajstić information content (AvgIpc) is 2.95. The molecule has 0 N–H and O–H groups in total. The van der Waals surface area contributed by atoms with Gasteiger partial charge in [0, 0.05) is 36.0 Å². The molecule has 2 atom stereocenters. The zero-order valence-electron chi connectivity index (χ0n) is 12.7. The highest BCUT2D eigenvalue weighted by Crippen LogP contribution is 2.51. The maximum absolute atomic E-state index is 12.7. The quantitative estimate of drug-likeness (QED) is 0.874. The van der Waals surface area contributed by atoms with Gasteiger partial charge in [-0.3, -0.25) is 4.79 Å². The molecule has 1 aliphatic heterocycles. The Bertz CT molecular complexity index is 658. The number of aromatic nitrogens is 3. The number of carbonyl (C=O) groups excluding carboxylic acids is 1. The highest BCUT2D eigenvalue weighted by atomic mass is 32.1. The van der Waals surface area contributed by atoms with Gasteiger partial charge < -0.3 is 4.90 Å². The first-order valence-corrected chi connectivity index (χ1v) is 8.80. The van der Waals surface area contributed by atoms with Gasteiger partial charge in [0.25, 0.3) is 0 Å². The number of aryl methyl sites for hydroxylation is 1. The van der Waals surface area contributed by atoms with Crippen LogP contribution in [0.1, 0.15) is 41.7 Å². The van der Waals surface area contributed by atoms with Crippen LogP contribution in [0.3, 0.4) is 0 Å². The molecule has 0 aromatic carbocycles. The molecule has 3 heterocycles. The minimum Gasteiger partial charge on any atom is -0.342 e. The number of hydrogen-bond acceptors (Lipinski definition) is 4. The van der Waals surface area contributed by atoms with E-state index in [-0.39, 0.29) is 5.92 Å². The van der Waals surface area contributed by atoms with Crippen molar-refractivity contribution in [3.63, 3.8) is 0 Å². The molecule has 6 heteroatoms. The molecule has 0 radical (unpaired) electrons. The van der Waals surface area contributed by atoms with Crippen LogP contribution in [0.4, 0.5) is 0 Å². The van der Waals surface area contributed by atoms with Crippen LogP contribution in [-0.4, -0.2) is 38.9 Å². The van der Waals surface area contributed by atoms with Crippen molar-refractivity contribution < 1.29 is 4.79 Å². The van der Waals surface area contributed by atoms with E-state index in [0.29, 0.717) is 17.9 Å². The molecule has 0 spiro atoms. The molecule has 1 aliphatic carbocycles. The maximum Gasteiger partial charge on any atom is 0.226 e. The Kier molecular flexibility index (Phi) is 3.48. The monoisotopic (exact) mass is 316 g/mol. The van der Waals surface area contributed by atoms with Crippen LogP contribution in [-0.2, 0) is 4.79 Å². The molecule has 4 rings (SSSR count). The van der Waals surface area contributed by atoms with Gasteiger partial charge in [0.1, 0.15) is 0 Å². The molecule has 1 saturated carbocycles. The van der Waals surface area contributed by atoms with Crippen molar-refractivity contribution in [2.45, 2.75) is 38.1 Å². The lowest BCUT2D eigenvalue weighted by molar-refractivity contribution is -0.134. The van der Waals surface area contributed by atoms with E-state index in [4.69, 9.17) is 0 Å². The van der Waals surface area contributed by atoms with Crippen molar-refractivity contribution in [3.05, 3.63) is 34.3 Å². The molecule has 5 nitrogen and oxygen atoms in total. The normalized spacial score (nSPS) is 25.4. The molecule has 2 aromatic heterocycles. The van der Waals surface area contributed by atoms with Crippen LogP contribution in [0.25, 0.3) is 0 Å². The summed E-state index contributed by atoms with van der Waals surface area (Å²) in [5.74, 6) is 1.05. The third-order valence-corrected chi connectivity index (χ3v) is 6.09. The van der Waals surface area contributed by atoms with E-state index in [0.717, 1.165) is 32.4 Å². The second kappa shape index (κ2) is 5.50. The SMILES string of the molecule is Cc1ccsc1[C@@H]1C[C@H]1C(=O)N1CCC(n2ccnn2)CC1. The van der Waals surface area contributed by atoms with Crippen molar-refractivity contribution in [2.75, 3.05) is 13.1 Å². The Labute approximate surface area is 133 Å². The molecule has 2 fully saturated rings. The lowest BCUT2D eigenvalue weighted by Crippen LogP contribution is -2.40. The zero-order valence-corrected chi connectivity index (χ0v) is 13.5. The summed E-state index contributed by atoms with van der Waals surface area (Å²) in [6, 6.07) is 2.55. The van der Waals surface area contributed by atoms with Crippen LogP contribution in [0.15, 0.2) is 23.8 Å². The minimum atomic E-state index is 0.222. The van der Waals surface area contributed by atoms with Crippen LogP contribution < -0.4 is 0 Å². The summed E-state index contributed by atoms with van der Waals surface area (Å²) >= 11 is 1.80. The van der Waals surface area contributed by atoms with Crippen LogP contribution in [0.2, 0.25) is 0 Å². The fraction of sp³-hybridized carbons (Fsp3) is 0.562. The number of nitrogens with zero attached hydrogens (tertiary/aromatic N) is 4. The van der Waals surface area contributed by atoms with Crippen LogP contribution in [0.5, 0.6) is 0 Å². The predicted octanol–water partition coefficient (Wildman–Crippen LogP) is 2.62. The van der Waals surface area contributed by atoms with Crippen LogP contribution >= 0.6 is 11.3 Å². The first kappa shape index (κ1) is 13.9. The second-order valence-corrected chi connectivity index (χ2v) is 7.30. The Hall–Kier alpha value is -1.69. The van der Waals surface area contributed by atoms with Crippen molar-refractivity contribution in [3.8, 4) is 0 Å². The predicted molar refractivity (Wildman–Crippen MR) is 84.8 cm³/mol. The van der Waals surface area contributed by atoms with E-state index in [1.807, 2.05) is 10.9 Å². The number of likely N-dealkylation sites (tertiary alicyclic amines) is 1. The molecule has 116 valence electrons. The first-order chi connectivity index (χ1) is 10.7. The van der Waals surface area contributed by atoms with E-state index in [9.17, 15) is 4.79 Å². The molecule has 0 bridgehead atoms. The van der Waals surface area contributed by atoms with Gasteiger partial charge >= 0.3 is 0 Å². The lowest BCUT2D eigenvalue weighted by Gasteiger charge is -2.32. The van der Waals surface area contributed by atoms with E-state index in [2.05, 4.69) is 33.6 Å². The largest absolute Gasteiger partial charge is 0.342 e. The summed E-state index contributed by atoms with van der Waals surface area (Å²) in [6.45, 7) is 3.83. The summed E-state index contributed by atoms with van der Waals surface area (Å²) in [4.78, 5) is 16.1. The standard InChI is InChI=1S/C16H20N4OS/c1-11-4-9-22-15(11)13-10-14(13)16(21)19-6-2-12(3-7-19)20-8-5-17-18-20/h4-5,8-9,12-14H,2-3,6-7,10H2,1H3/t13-,14-/m1/s1. The second-order valence-electron chi connectivity index (χ2n) is 6.36. The highest BCUT2D eigenvalue weighted by molar-refractivity contribution is 7.10. The number of carbonyl (C=O) groups is 1. The third-order valence-electron chi connectivity index (χ3n) is 4.94. The highest BCUT2D eigenvalue weighted by Gasteiger charge is 2.47. The maximum atomic E-state index is 12.7. The molecule has 1 saturated heterocycles. The van der Waals surface area contributed by atoms with Crippen LogP contribution in [0, 0.1) is 12.8 Å². The van der Waals surface area contributed by atoms with Crippen molar-refractivity contribution in [1.82, 2.24) is 19.9 Å². The molecular weight excluding hydrogens is 296 g/mol.